The molecule has 2 aromatic rings. The summed E-state index contributed by atoms with van der Waals surface area (Å²) in [6, 6.07) is 9.95. The van der Waals surface area contributed by atoms with E-state index < -0.39 is 10.0 Å². The predicted octanol–water partition coefficient (Wildman–Crippen LogP) is 4.18. The Bertz CT molecular complexity index is 810. The molecule has 4 nitrogen and oxygen atoms in total. The minimum Gasteiger partial charge on any atom is -0.496 e. The largest absolute Gasteiger partial charge is 0.496 e. The van der Waals surface area contributed by atoms with Crippen LogP contribution in [0, 0.1) is 0 Å². The van der Waals surface area contributed by atoms with E-state index in [4.69, 9.17) is 39.5 Å². The van der Waals surface area contributed by atoms with Crippen molar-refractivity contribution in [2.24, 2.45) is 0 Å². The first-order valence-electron chi connectivity index (χ1n) is 6.61. The van der Waals surface area contributed by atoms with Gasteiger partial charge >= 0.3 is 0 Å². The molecule has 23 heavy (non-hydrogen) atoms. The van der Waals surface area contributed by atoms with E-state index in [1.54, 1.807) is 7.11 Å². The number of ether oxygens (including phenoxy) is 1. The van der Waals surface area contributed by atoms with Gasteiger partial charge in [-0.1, -0.05) is 53.0 Å². The van der Waals surface area contributed by atoms with E-state index in [2.05, 4.69) is 4.72 Å². The lowest BCUT2D eigenvalue weighted by molar-refractivity contribution is 0.409. The van der Waals surface area contributed by atoms with Crippen LogP contribution in [-0.2, 0) is 16.4 Å². The Morgan fingerprint density at radius 2 is 1.70 bits per heavy atom. The third kappa shape index (κ3) is 4.52. The van der Waals surface area contributed by atoms with Gasteiger partial charge in [0.25, 0.3) is 0 Å². The van der Waals surface area contributed by atoms with Gasteiger partial charge in [-0.15, -0.1) is 0 Å². The van der Waals surface area contributed by atoms with Crippen molar-refractivity contribution in [3.8, 4) is 5.75 Å². The molecule has 124 valence electrons. The number of hydrogen-bond acceptors (Lipinski definition) is 3. The fraction of sp³-hybridized carbons (Fsp3) is 0.200. The number of halogens is 3. The highest BCUT2D eigenvalue weighted by Gasteiger charge is 2.19. The fourth-order valence-electron chi connectivity index (χ4n) is 2.02. The van der Waals surface area contributed by atoms with E-state index in [0.717, 1.165) is 5.56 Å². The van der Waals surface area contributed by atoms with Crippen LogP contribution in [0.15, 0.2) is 41.3 Å². The van der Waals surface area contributed by atoms with E-state index in [1.807, 2.05) is 24.3 Å². The minimum atomic E-state index is -3.79. The molecule has 8 heteroatoms. The van der Waals surface area contributed by atoms with Crippen molar-refractivity contribution in [2.45, 2.75) is 11.3 Å². The van der Waals surface area contributed by atoms with Crippen LogP contribution in [0.2, 0.25) is 15.1 Å². The van der Waals surface area contributed by atoms with Crippen molar-refractivity contribution in [1.82, 2.24) is 4.72 Å². The van der Waals surface area contributed by atoms with Crippen molar-refractivity contribution in [3.05, 3.63) is 57.0 Å². The first-order valence-corrected chi connectivity index (χ1v) is 9.23. The standard InChI is InChI=1S/C15H14Cl3NO3S/c1-22-14-5-3-2-4-10(14)6-7-19-23(20,21)15-9-12(17)11(16)8-13(15)18/h2-5,8-9,19H,6-7H2,1H3. The molecule has 0 fully saturated rings. The smallest absolute Gasteiger partial charge is 0.242 e. The topological polar surface area (TPSA) is 55.4 Å². The van der Waals surface area contributed by atoms with Gasteiger partial charge in [0.2, 0.25) is 10.0 Å². The summed E-state index contributed by atoms with van der Waals surface area (Å²) in [6.07, 6.45) is 0.474. The molecule has 0 aliphatic rings. The maximum absolute atomic E-state index is 12.3. The summed E-state index contributed by atoms with van der Waals surface area (Å²) in [5.41, 5.74) is 0.901. The normalized spacial score (nSPS) is 11.5. The Labute approximate surface area is 150 Å². The van der Waals surface area contributed by atoms with E-state index in [9.17, 15) is 8.42 Å². The van der Waals surface area contributed by atoms with Gasteiger partial charge in [0, 0.05) is 6.54 Å². The lowest BCUT2D eigenvalue weighted by Gasteiger charge is -2.11. The van der Waals surface area contributed by atoms with E-state index in [1.165, 1.54) is 12.1 Å². The first kappa shape index (κ1) is 18.4. The molecule has 0 aliphatic carbocycles. The lowest BCUT2D eigenvalue weighted by Crippen LogP contribution is -2.26. The Morgan fingerprint density at radius 1 is 1.04 bits per heavy atom. The number of para-hydroxylation sites is 1. The summed E-state index contributed by atoms with van der Waals surface area (Å²) in [4.78, 5) is -0.103. The van der Waals surface area contributed by atoms with Crippen LogP contribution in [0.25, 0.3) is 0 Å². The highest BCUT2D eigenvalue weighted by atomic mass is 35.5. The lowest BCUT2D eigenvalue weighted by atomic mass is 10.1. The van der Waals surface area contributed by atoms with Gasteiger partial charge in [-0.3, -0.25) is 0 Å². The van der Waals surface area contributed by atoms with Crippen LogP contribution in [0.3, 0.4) is 0 Å². The molecule has 0 radical (unpaired) electrons. The summed E-state index contributed by atoms with van der Waals surface area (Å²) >= 11 is 17.6. The molecule has 0 saturated heterocycles. The highest BCUT2D eigenvalue weighted by molar-refractivity contribution is 7.89. The van der Waals surface area contributed by atoms with Crippen molar-refractivity contribution in [1.29, 1.82) is 0 Å². The minimum absolute atomic E-state index is 0.0178. The summed E-state index contributed by atoms with van der Waals surface area (Å²) in [7, 11) is -2.22. The molecular weight excluding hydrogens is 381 g/mol. The monoisotopic (exact) mass is 393 g/mol. The second-order valence-electron chi connectivity index (χ2n) is 4.66. The average Bonchev–Trinajstić information content (AvgIpc) is 2.51. The third-order valence-electron chi connectivity index (χ3n) is 3.14. The molecule has 0 unspecified atom stereocenters. The number of sulfonamides is 1. The fourth-order valence-corrected chi connectivity index (χ4v) is 4.05. The number of benzene rings is 2. The quantitative estimate of drug-likeness (QED) is 0.748. The van der Waals surface area contributed by atoms with Gasteiger partial charge in [0.15, 0.2) is 0 Å². The molecule has 0 bridgehead atoms. The average molecular weight is 395 g/mol. The Kier molecular flexibility index (Phi) is 6.17. The van der Waals surface area contributed by atoms with E-state index in [0.29, 0.717) is 12.2 Å². The zero-order valence-corrected chi connectivity index (χ0v) is 15.2. The highest BCUT2D eigenvalue weighted by Crippen LogP contribution is 2.31. The molecule has 2 aromatic carbocycles. The maximum atomic E-state index is 12.3. The van der Waals surface area contributed by atoms with Crippen LogP contribution >= 0.6 is 34.8 Å². The molecule has 0 amide bonds. The van der Waals surface area contributed by atoms with Crippen molar-refractivity contribution < 1.29 is 13.2 Å². The molecule has 0 spiro atoms. The van der Waals surface area contributed by atoms with Crippen LogP contribution in [0.1, 0.15) is 5.56 Å². The number of nitrogens with one attached hydrogen (secondary N) is 1. The summed E-state index contributed by atoms with van der Waals surface area (Å²) < 4.78 is 32.4. The molecule has 2 rings (SSSR count). The molecular formula is C15H14Cl3NO3S. The Balaban J connectivity index is 2.12. The third-order valence-corrected chi connectivity index (χ3v) is 5.79. The zero-order chi connectivity index (χ0) is 17.0. The van der Waals surface area contributed by atoms with Gasteiger partial charge in [0.05, 0.1) is 22.2 Å². The van der Waals surface area contributed by atoms with Gasteiger partial charge in [-0.2, -0.15) is 0 Å². The second kappa shape index (κ2) is 7.73. The van der Waals surface area contributed by atoms with Gasteiger partial charge in [-0.25, -0.2) is 13.1 Å². The molecule has 0 atom stereocenters. The summed E-state index contributed by atoms with van der Waals surface area (Å²) in [6.45, 7) is 0.194. The van der Waals surface area contributed by atoms with E-state index >= 15 is 0 Å². The Morgan fingerprint density at radius 3 is 2.39 bits per heavy atom. The summed E-state index contributed by atoms with van der Waals surface area (Å²) in [5.74, 6) is 0.708. The molecule has 1 N–H and O–H groups in total. The first-order chi connectivity index (χ1) is 10.8. The SMILES string of the molecule is COc1ccccc1CCNS(=O)(=O)c1cc(Cl)c(Cl)cc1Cl. The predicted molar refractivity (Wildman–Crippen MR) is 93.4 cm³/mol. The van der Waals surface area contributed by atoms with Gasteiger partial charge in [0.1, 0.15) is 10.6 Å². The zero-order valence-electron chi connectivity index (χ0n) is 12.1. The number of hydrogen-bond donors (Lipinski definition) is 1. The van der Waals surface area contributed by atoms with Crippen LogP contribution < -0.4 is 9.46 Å². The number of rotatable bonds is 6. The van der Waals surface area contributed by atoms with E-state index in [-0.39, 0.29) is 26.5 Å². The van der Waals surface area contributed by atoms with Crippen molar-refractivity contribution in [3.63, 3.8) is 0 Å². The van der Waals surface area contributed by atoms with Gasteiger partial charge < -0.3 is 4.74 Å². The van der Waals surface area contributed by atoms with Crippen LogP contribution in [0.5, 0.6) is 5.75 Å². The maximum Gasteiger partial charge on any atom is 0.242 e. The van der Waals surface area contributed by atoms with Gasteiger partial charge in [-0.05, 0) is 30.2 Å². The second-order valence-corrected chi connectivity index (χ2v) is 7.61. The van der Waals surface area contributed by atoms with Crippen LogP contribution in [-0.4, -0.2) is 22.1 Å². The molecule has 0 aliphatic heterocycles. The van der Waals surface area contributed by atoms with Crippen molar-refractivity contribution >= 4 is 44.8 Å². The van der Waals surface area contributed by atoms with Crippen LogP contribution in [0.4, 0.5) is 0 Å². The molecule has 0 aromatic heterocycles. The Hall–Kier alpha value is -0.980. The number of methoxy groups -OCH3 is 1. The van der Waals surface area contributed by atoms with Crippen molar-refractivity contribution in [2.75, 3.05) is 13.7 Å². The molecule has 0 saturated carbocycles. The summed E-state index contributed by atoms with van der Waals surface area (Å²) in [5, 5.41) is 0.343. The molecule has 0 heterocycles.